The molecular formula is C12H22Cl3N3. The Hall–Kier alpha value is -0.0600. The molecule has 1 aromatic rings. The van der Waals surface area contributed by atoms with Gasteiger partial charge in [0.15, 0.2) is 0 Å². The molecular weight excluding hydrogens is 293 g/mol. The molecule has 1 aromatic heterocycles. The maximum Gasteiger partial charge on any atom is 0.0634 e. The normalized spacial score (nSPS) is 10.8. The first-order chi connectivity index (χ1) is 7.44. The standard InChI is InChI=1S/C12H20ClN3.2ClH/c1-12(2,8-14)9-16(3)7-10-4-5-15-6-11(10)13;;/h4-6H,7-9,14H2,1-3H3;2*1H. The Bertz CT molecular complexity index is 345. The molecule has 0 saturated carbocycles. The lowest BCUT2D eigenvalue weighted by Crippen LogP contribution is -2.36. The summed E-state index contributed by atoms with van der Waals surface area (Å²) < 4.78 is 0. The van der Waals surface area contributed by atoms with Crippen LogP contribution in [0, 0.1) is 5.41 Å². The molecule has 2 N–H and O–H groups in total. The molecule has 0 aliphatic rings. The van der Waals surface area contributed by atoms with Crippen molar-refractivity contribution < 1.29 is 0 Å². The second kappa shape index (κ2) is 8.94. The topological polar surface area (TPSA) is 42.2 Å². The van der Waals surface area contributed by atoms with Gasteiger partial charge in [-0.2, -0.15) is 0 Å². The SMILES string of the molecule is CN(Cc1ccncc1Cl)CC(C)(C)CN.Cl.Cl. The van der Waals surface area contributed by atoms with Crippen LogP contribution in [0.4, 0.5) is 0 Å². The molecule has 6 heteroatoms. The van der Waals surface area contributed by atoms with Gasteiger partial charge in [0.1, 0.15) is 0 Å². The zero-order valence-corrected chi connectivity index (χ0v) is 13.4. The molecule has 1 rings (SSSR count). The minimum Gasteiger partial charge on any atom is -0.330 e. The van der Waals surface area contributed by atoms with Gasteiger partial charge in [-0.05, 0) is 30.6 Å². The van der Waals surface area contributed by atoms with E-state index in [2.05, 4.69) is 30.8 Å². The van der Waals surface area contributed by atoms with Crippen molar-refractivity contribution in [1.29, 1.82) is 0 Å². The summed E-state index contributed by atoms with van der Waals surface area (Å²) >= 11 is 6.06. The summed E-state index contributed by atoms with van der Waals surface area (Å²) in [5.41, 5.74) is 6.95. The quantitative estimate of drug-likeness (QED) is 0.908. The van der Waals surface area contributed by atoms with Crippen LogP contribution >= 0.6 is 36.4 Å². The van der Waals surface area contributed by atoms with Crippen LogP contribution in [0.5, 0.6) is 0 Å². The Morgan fingerprint density at radius 3 is 2.50 bits per heavy atom. The zero-order valence-electron chi connectivity index (χ0n) is 11.0. The van der Waals surface area contributed by atoms with Gasteiger partial charge >= 0.3 is 0 Å². The fourth-order valence-corrected chi connectivity index (χ4v) is 1.85. The summed E-state index contributed by atoms with van der Waals surface area (Å²) in [7, 11) is 2.08. The maximum atomic E-state index is 6.06. The lowest BCUT2D eigenvalue weighted by atomic mass is 9.93. The van der Waals surface area contributed by atoms with Crippen LogP contribution in [-0.4, -0.2) is 30.0 Å². The lowest BCUT2D eigenvalue weighted by Gasteiger charge is -2.29. The van der Waals surface area contributed by atoms with Crippen molar-refractivity contribution in [2.24, 2.45) is 11.1 Å². The predicted molar refractivity (Wildman–Crippen MR) is 82.9 cm³/mol. The Morgan fingerprint density at radius 2 is 2.00 bits per heavy atom. The van der Waals surface area contributed by atoms with Crippen LogP contribution in [0.3, 0.4) is 0 Å². The molecule has 0 atom stereocenters. The molecule has 0 amide bonds. The molecule has 3 nitrogen and oxygen atoms in total. The van der Waals surface area contributed by atoms with Gasteiger partial charge in [-0.15, -0.1) is 24.8 Å². The molecule has 106 valence electrons. The van der Waals surface area contributed by atoms with E-state index in [1.54, 1.807) is 12.4 Å². The first kappa shape index (κ1) is 20.3. The van der Waals surface area contributed by atoms with Gasteiger partial charge in [-0.1, -0.05) is 25.4 Å². The van der Waals surface area contributed by atoms with E-state index >= 15 is 0 Å². The van der Waals surface area contributed by atoms with Gasteiger partial charge in [-0.3, -0.25) is 4.98 Å². The molecule has 1 heterocycles. The van der Waals surface area contributed by atoms with Gasteiger partial charge in [-0.25, -0.2) is 0 Å². The third kappa shape index (κ3) is 6.76. The molecule has 0 radical (unpaired) electrons. The minimum atomic E-state index is 0. The highest BCUT2D eigenvalue weighted by molar-refractivity contribution is 6.31. The summed E-state index contributed by atoms with van der Waals surface area (Å²) in [5, 5.41) is 0.722. The van der Waals surface area contributed by atoms with Crippen molar-refractivity contribution in [2.45, 2.75) is 20.4 Å². The van der Waals surface area contributed by atoms with Crippen molar-refractivity contribution in [2.75, 3.05) is 20.1 Å². The molecule has 0 unspecified atom stereocenters. The van der Waals surface area contributed by atoms with Crippen LogP contribution in [-0.2, 0) is 6.54 Å². The van der Waals surface area contributed by atoms with E-state index in [4.69, 9.17) is 17.3 Å². The average molecular weight is 315 g/mol. The smallest absolute Gasteiger partial charge is 0.0634 e. The first-order valence-corrected chi connectivity index (χ1v) is 5.79. The third-order valence-electron chi connectivity index (χ3n) is 2.55. The third-order valence-corrected chi connectivity index (χ3v) is 2.89. The molecule has 0 aliphatic heterocycles. The number of nitrogens with zero attached hydrogens (tertiary/aromatic N) is 2. The van der Waals surface area contributed by atoms with Crippen molar-refractivity contribution in [3.05, 3.63) is 29.0 Å². The first-order valence-electron chi connectivity index (χ1n) is 5.41. The van der Waals surface area contributed by atoms with Gasteiger partial charge < -0.3 is 10.6 Å². The number of nitrogens with two attached hydrogens (primary N) is 1. The van der Waals surface area contributed by atoms with Crippen molar-refractivity contribution in [1.82, 2.24) is 9.88 Å². The largest absolute Gasteiger partial charge is 0.330 e. The highest BCUT2D eigenvalue weighted by Crippen LogP contribution is 2.18. The van der Waals surface area contributed by atoms with Gasteiger partial charge in [0, 0.05) is 25.5 Å². The Morgan fingerprint density at radius 1 is 1.39 bits per heavy atom. The fraction of sp³-hybridized carbons (Fsp3) is 0.583. The molecule has 0 saturated heterocycles. The molecule has 18 heavy (non-hydrogen) atoms. The Labute approximate surface area is 127 Å². The summed E-state index contributed by atoms with van der Waals surface area (Å²) in [6.07, 6.45) is 3.45. The monoisotopic (exact) mass is 313 g/mol. The van der Waals surface area contributed by atoms with E-state index in [9.17, 15) is 0 Å². The van der Waals surface area contributed by atoms with Crippen LogP contribution < -0.4 is 5.73 Å². The molecule has 0 aromatic carbocycles. The van der Waals surface area contributed by atoms with E-state index in [-0.39, 0.29) is 30.2 Å². The number of halogens is 3. The Balaban J connectivity index is 0. The Kier molecular flexibility index (Phi) is 10.1. The van der Waals surface area contributed by atoms with Crippen LogP contribution in [0.2, 0.25) is 5.02 Å². The van der Waals surface area contributed by atoms with Crippen LogP contribution in [0.15, 0.2) is 18.5 Å². The number of hydrogen-bond acceptors (Lipinski definition) is 3. The zero-order chi connectivity index (χ0) is 12.2. The summed E-state index contributed by atoms with van der Waals surface area (Å²) in [6, 6.07) is 1.95. The van der Waals surface area contributed by atoms with Crippen LogP contribution in [0.1, 0.15) is 19.4 Å². The number of rotatable bonds is 5. The molecule has 0 spiro atoms. The average Bonchev–Trinajstić information content (AvgIpc) is 2.21. The van der Waals surface area contributed by atoms with Crippen LogP contribution in [0.25, 0.3) is 0 Å². The summed E-state index contributed by atoms with van der Waals surface area (Å²) in [6.45, 7) is 6.78. The number of aromatic nitrogens is 1. The minimum absolute atomic E-state index is 0. The van der Waals surface area contributed by atoms with Gasteiger partial charge in [0.2, 0.25) is 0 Å². The second-order valence-corrected chi connectivity index (χ2v) is 5.41. The van der Waals surface area contributed by atoms with E-state index < -0.39 is 0 Å². The highest BCUT2D eigenvalue weighted by atomic mass is 35.5. The van der Waals surface area contributed by atoms with Gasteiger partial charge in [0.25, 0.3) is 0 Å². The van der Waals surface area contributed by atoms with Crippen molar-refractivity contribution in [3.8, 4) is 0 Å². The van der Waals surface area contributed by atoms with Crippen molar-refractivity contribution >= 4 is 36.4 Å². The van der Waals surface area contributed by atoms with Gasteiger partial charge in [0.05, 0.1) is 5.02 Å². The lowest BCUT2D eigenvalue weighted by molar-refractivity contribution is 0.210. The van der Waals surface area contributed by atoms with Crippen molar-refractivity contribution in [3.63, 3.8) is 0 Å². The predicted octanol–water partition coefficient (Wildman–Crippen LogP) is 3.00. The fourth-order valence-electron chi connectivity index (χ4n) is 1.67. The molecule has 0 fully saturated rings. The summed E-state index contributed by atoms with van der Waals surface area (Å²) in [5.74, 6) is 0. The molecule has 0 bridgehead atoms. The number of hydrogen-bond donors (Lipinski definition) is 1. The second-order valence-electron chi connectivity index (χ2n) is 5.01. The number of pyridine rings is 1. The van der Waals surface area contributed by atoms with E-state index in [1.165, 1.54) is 0 Å². The molecule has 0 aliphatic carbocycles. The van der Waals surface area contributed by atoms with E-state index in [0.29, 0.717) is 6.54 Å². The van der Waals surface area contributed by atoms with E-state index in [1.807, 2.05) is 6.07 Å². The summed E-state index contributed by atoms with van der Waals surface area (Å²) in [4.78, 5) is 6.20. The highest BCUT2D eigenvalue weighted by Gasteiger charge is 2.18. The van der Waals surface area contributed by atoms with E-state index in [0.717, 1.165) is 23.7 Å². The maximum absolute atomic E-state index is 6.06.